The average molecular weight is 532 g/mol. The number of carbonyl (C=O) groups is 2. The summed E-state index contributed by atoms with van der Waals surface area (Å²) in [5.41, 5.74) is 4.91. The molecule has 0 spiro atoms. The van der Waals surface area contributed by atoms with Crippen molar-refractivity contribution < 1.29 is 14.3 Å². The number of halogens is 1. The Morgan fingerprint density at radius 1 is 1.09 bits per heavy atom. The van der Waals surface area contributed by atoms with Crippen molar-refractivity contribution in [1.82, 2.24) is 9.88 Å². The van der Waals surface area contributed by atoms with Crippen molar-refractivity contribution in [2.75, 3.05) is 25.6 Å². The molecule has 2 N–H and O–H groups in total. The molecule has 2 amide bonds. The van der Waals surface area contributed by atoms with Gasteiger partial charge in [0.1, 0.15) is 0 Å². The quantitative estimate of drug-likeness (QED) is 0.330. The van der Waals surface area contributed by atoms with Gasteiger partial charge in [0, 0.05) is 46.4 Å². The Balaban J connectivity index is 1.67. The van der Waals surface area contributed by atoms with Crippen molar-refractivity contribution in [3.05, 3.63) is 99.7 Å². The highest BCUT2D eigenvalue weighted by Gasteiger charge is 2.44. The highest BCUT2D eigenvalue weighted by atomic mass is 79.9. The molecule has 0 radical (unpaired) electrons. The predicted molar refractivity (Wildman–Crippen MR) is 141 cm³/mol. The van der Waals surface area contributed by atoms with Crippen molar-refractivity contribution in [3.8, 4) is 0 Å². The number of amides is 2. The lowest BCUT2D eigenvalue weighted by molar-refractivity contribution is -0.119. The molecule has 0 fully saturated rings. The maximum Gasteiger partial charge on any atom is 0.254 e. The Bertz CT molecular complexity index is 1410. The van der Waals surface area contributed by atoms with E-state index in [1.165, 1.54) is 0 Å². The normalized spacial score (nSPS) is 17.5. The summed E-state index contributed by atoms with van der Waals surface area (Å²) in [7, 11) is 1.61. The third-order valence-corrected chi connectivity index (χ3v) is 7.24. The first-order valence-corrected chi connectivity index (χ1v) is 12.3. The monoisotopic (exact) mass is 531 g/mol. The lowest BCUT2D eigenvalue weighted by atomic mass is 9.79. The van der Waals surface area contributed by atoms with Gasteiger partial charge in [0.2, 0.25) is 5.91 Å². The summed E-state index contributed by atoms with van der Waals surface area (Å²) in [5, 5.41) is 4.10. The summed E-state index contributed by atoms with van der Waals surface area (Å²) in [6, 6.07) is 20.7. The van der Waals surface area contributed by atoms with Gasteiger partial charge in [0.05, 0.1) is 24.3 Å². The van der Waals surface area contributed by atoms with E-state index in [9.17, 15) is 9.59 Å². The fourth-order valence-corrected chi connectivity index (χ4v) is 5.52. The highest BCUT2D eigenvalue weighted by molar-refractivity contribution is 9.10. The number of ether oxygens (including phenoxy) is 1. The number of hydrogen-bond donors (Lipinski definition) is 2. The number of benzene rings is 3. The van der Waals surface area contributed by atoms with Crippen molar-refractivity contribution in [1.29, 1.82) is 0 Å². The van der Waals surface area contributed by atoms with Crippen LogP contribution in [-0.4, -0.2) is 42.0 Å². The Morgan fingerprint density at radius 2 is 1.86 bits per heavy atom. The van der Waals surface area contributed by atoms with Gasteiger partial charge in [0.25, 0.3) is 5.91 Å². The molecule has 3 aromatic carbocycles. The van der Waals surface area contributed by atoms with Crippen molar-refractivity contribution in [2.24, 2.45) is 0 Å². The van der Waals surface area contributed by atoms with Crippen LogP contribution < -0.4 is 5.32 Å². The Labute approximate surface area is 212 Å². The molecule has 0 saturated heterocycles. The smallest absolute Gasteiger partial charge is 0.254 e. The molecule has 7 heteroatoms. The molecule has 2 heterocycles. The third-order valence-electron chi connectivity index (χ3n) is 6.58. The van der Waals surface area contributed by atoms with Gasteiger partial charge in [-0.25, -0.2) is 0 Å². The Kier molecular flexibility index (Phi) is 6.45. The van der Waals surface area contributed by atoms with E-state index in [1.54, 1.807) is 18.1 Å². The molecule has 6 nitrogen and oxygen atoms in total. The molecule has 35 heavy (non-hydrogen) atoms. The molecule has 5 rings (SSSR count). The number of para-hydroxylation sites is 1. The van der Waals surface area contributed by atoms with Gasteiger partial charge in [-0.1, -0.05) is 42.5 Å². The van der Waals surface area contributed by atoms with Crippen LogP contribution in [0, 0.1) is 6.92 Å². The molecule has 4 aromatic rings. The van der Waals surface area contributed by atoms with E-state index in [-0.39, 0.29) is 11.8 Å². The van der Waals surface area contributed by atoms with Gasteiger partial charge >= 0.3 is 0 Å². The minimum Gasteiger partial charge on any atom is -0.383 e. The average Bonchev–Trinajstić information content (AvgIpc) is 3.29. The van der Waals surface area contributed by atoms with Crippen LogP contribution in [0.1, 0.15) is 39.0 Å². The number of nitrogens with one attached hydrogen (secondary N) is 2. The zero-order chi connectivity index (χ0) is 24.5. The fraction of sp³-hybridized carbons (Fsp3) is 0.214. The van der Waals surface area contributed by atoms with Crippen LogP contribution in [0.5, 0.6) is 0 Å². The van der Waals surface area contributed by atoms with Crippen LogP contribution >= 0.6 is 15.9 Å². The van der Waals surface area contributed by atoms with E-state index in [4.69, 9.17) is 4.74 Å². The molecule has 0 unspecified atom stereocenters. The van der Waals surface area contributed by atoms with Gasteiger partial charge < -0.3 is 19.9 Å². The molecule has 0 bridgehead atoms. The number of hydrogen-bond acceptors (Lipinski definition) is 3. The maximum atomic E-state index is 14.0. The van der Waals surface area contributed by atoms with E-state index in [0.29, 0.717) is 24.4 Å². The summed E-state index contributed by atoms with van der Waals surface area (Å²) in [6.45, 7) is 2.73. The van der Waals surface area contributed by atoms with Crippen molar-refractivity contribution >= 4 is 44.3 Å². The standard InChI is InChI=1S/C28H26BrN3O3/c1-17-11-12-24(22(29)15-17)31-27(33)25-19-8-3-4-9-20(19)28(34)32(13-14-35-2)26(25)21-16-30-23-10-6-5-7-18(21)23/h3-12,15-16,25-26,30H,13-14H2,1-2H3,(H,31,33)/t25-,26-/m1/s1. The van der Waals surface area contributed by atoms with Crippen molar-refractivity contribution in [2.45, 2.75) is 18.9 Å². The summed E-state index contributed by atoms with van der Waals surface area (Å²) in [4.78, 5) is 32.8. The van der Waals surface area contributed by atoms with Crippen LogP contribution in [0.4, 0.5) is 5.69 Å². The number of aromatic amines is 1. The van der Waals surface area contributed by atoms with E-state index in [0.717, 1.165) is 32.1 Å². The number of rotatable bonds is 6. The zero-order valence-corrected chi connectivity index (χ0v) is 21.1. The number of nitrogens with zero attached hydrogens (tertiary/aromatic N) is 1. The zero-order valence-electron chi connectivity index (χ0n) is 19.5. The first-order chi connectivity index (χ1) is 17.0. The lowest BCUT2D eigenvalue weighted by Crippen LogP contribution is -2.47. The summed E-state index contributed by atoms with van der Waals surface area (Å²) in [6.07, 6.45) is 1.92. The van der Waals surface area contributed by atoms with Gasteiger partial charge in [-0.3, -0.25) is 9.59 Å². The molecule has 1 aromatic heterocycles. The minimum atomic E-state index is -0.617. The van der Waals surface area contributed by atoms with Crippen molar-refractivity contribution in [3.63, 3.8) is 0 Å². The molecule has 0 saturated carbocycles. The molecule has 0 aliphatic carbocycles. The molecular formula is C28H26BrN3O3. The van der Waals surface area contributed by atoms with Crippen LogP contribution in [0.2, 0.25) is 0 Å². The maximum absolute atomic E-state index is 14.0. The summed E-state index contributed by atoms with van der Waals surface area (Å²) >= 11 is 3.57. The van der Waals surface area contributed by atoms with E-state index >= 15 is 0 Å². The number of H-pyrrole nitrogens is 1. The number of fused-ring (bicyclic) bond motifs is 2. The van der Waals surface area contributed by atoms with Gasteiger partial charge in [-0.05, 0) is 58.2 Å². The molecule has 2 atom stereocenters. The van der Waals surface area contributed by atoms with Gasteiger partial charge in [-0.15, -0.1) is 0 Å². The topological polar surface area (TPSA) is 74.4 Å². The molecular weight excluding hydrogens is 506 g/mol. The third kappa shape index (κ3) is 4.26. The van der Waals surface area contributed by atoms with Gasteiger partial charge in [0.15, 0.2) is 0 Å². The number of aromatic nitrogens is 1. The second-order valence-electron chi connectivity index (χ2n) is 8.76. The lowest BCUT2D eigenvalue weighted by Gasteiger charge is -2.41. The van der Waals surface area contributed by atoms with Crippen LogP contribution in [0.15, 0.2) is 77.4 Å². The van der Waals surface area contributed by atoms with Crippen LogP contribution in [-0.2, 0) is 9.53 Å². The minimum absolute atomic E-state index is 0.103. The van der Waals surface area contributed by atoms with E-state index in [1.807, 2.05) is 73.8 Å². The second-order valence-corrected chi connectivity index (χ2v) is 9.62. The SMILES string of the molecule is COCCN1C(=O)c2ccccc2[C@@H](C(=O)Nc2ccc(C)cc2Br)[C@H]1c1c[nH]c2ccccc12. The van der Waals surface area contributed by atoms with E-state index < -0.39 is 12.0 Å². The van der Waals surface area contributed by atoms with Crippen LogP contribution in [0.25, 0.3) is 10.9 Å². The highest BCUT2D eigenvalue weighted by Crippen LogP contribution is 2.45. The number of aryl methyl sites for hydroxylation is 1. The fourth-order valence-electron chi connectivity index (χ4n) is 4.93. The first-order valence-electron chi connectivity index (χ1n) is 11.5. The van der Waals surface area contributed by atoms with E-state index in [2.05, 4.69) is 26.2 Å². The largest absolute Gasteiger partial charge is 0.383 e. The Morgan fingerprint density at radius 3 is 2.66 bits per heavy atom. The second kappa shape index (κ2) is 9.68. The molecule has 1 aliphatic heterocycles. The Hall–Kier alpha value is -3.42. The van der Waals surface area contributed by atoms with Crippen LogP contribution in [0.3, 0.4) is 0 Å². The number of anilines is 1. The van der Waals surface area contributed by atoms with Gasteiger partial charge in [-0.2, -0.15) is 0 Å². The summed E-state index contributed by atoms with van der Waals surface area (Å²) < 4.78 is 6.15. The number of carbonyl (C=O) groups excluding carboxylic acids is 2. The predicted octanol–water partition coefficient (Wildman–Crippen LogP) is 5.80. The summed E-state index contributed by atoms with van der Waals surface area (Å²) in [5.74, 6) is -0.895. The first kappa shape index (κ1) is 23.3. The molecule has 178 valence electrons. The molecule has 1 aliphatic rings. The number of methoxy groups -OCH3 is 1.